The molecule has 1 aromatic rings. The fraction of sp³-hybridized carbons (Fsp3) is 0.650. The molecule has 13 nitrogen and oxygen atoms in total. The smallest absolute Gasteiger partial charge is 0.274 e. The predicted octanol–water partition coefficient (Wildman–Crippen LogP) is -2.65. The molecule has 186 valence electrons. The van der Waals surface area contributed by atoms with Gasteiger partial charge in [0, 0.05) is 19.0 Å². The molecule has 2 aliphatic rings. The average Bonchev–Trinajstić information content (AvgIpc) is 2.77. The highest BCUT2D eigenvalue weighted by Crippen LogP contribution is 2.41. The number of nitrogens with one attached hydrogen (secondary N) is 1. The van der Waals surface area contributed by atoms with Gasteiger partial charge in [0.15, 0.2) is 6.29 Å². The number of ether oxygens (including phenoxy) is 4. The molecular weight excluding hydrogens is 446 g/mol. The van der Waals surface area contributed by atoms with Gasteiger partial charge >= 0.3 is 0 Å². The molecule has 13 heteroatoms. The van der Waals surface area contributed by atoms with Gasteiger partial charge in [-0.05, 0) is 30.7 Å². The zero-order valence-electron chi connectivity index (χ0n) is 17.8. The maximum Gasteiger partial charge on any atom is 0.274 e. The van der Waals surface area contributed by atoms with E-state index in [-0.39, 0.29) is 18.9 Å². The van der Waals surface area contributed by atoms with Crippen LogP contribution in [0, 0.1) is 0 Å². The molecule has 0 bridgehead atoms. The average molecular weight is 475 g/mol. The summed E-state index contributed by atoms with van der Waals surface area (Å²) < 4.78 is 21.9. The van der Waals surface area contributed by atoms with Gasteiger partial charge in [0.1, 0.15) is 17.5 Å². The Morgan fingerprint density at radius 2 is 1.73 bits per heavy atom. The molecule has 33 heavy (non-hydrogen) atoms. The molecule has 3 rings (SSSR count). The molecule has 0 radical (unpaired) electrons. The molecule has 0 aromatic heterocycles. The van der Waals surface area contributed by atoms with E-state index in [1.54, 1.807) is 24.3 Å². The maximum atomic E-state index is 11.1. The zero-order valence-corrected chi connectivity index (χ0v) is 17.8. The summed E-state index contributed by atoms with van der Waals surface area (Å²) in [5, 5.41) is 72.3. The molecule has 0 spiro atoms. The van der Waals surface area contributed by atoms with Gasteiger partial charge in [-0.3, -0.25) is 4.79 Å². The third-order valence-electron chi connectivity index (χ3n) is 5.58. The summed E-state index contributed by atoms with van der Waals surface area (Å²) in [6.45, 7) is -0.837. The number of anilines is 1. The highest BCUT2D eigenvalue weighted by Gasteiger charge is 2.70. The number of benzene rings is 1. The van der Waals surface area contributed by atoms with Gasteiger partial charge in [0.05, 0.1) is 25.9 Å². The topological polar surface area (TPSA) is 208 Å². The molecule has 0 saturated carbocycles. The van der Waals surface area contributed by atoms with Crippen LogP contribution in [0.25, 0.3) is 0 Å². The van der Waals surface area contributed by atoms with Crippen LogP contribution in [-0.4, -0.2) is 103 Å². The Hall–Kier alpha value is -1.91. The largest absolute Gasteiger partial charge is 0.465 e. The molecule has 2 unspecified atom stereocenters. The van der Waals surface area contributed by atoms with E-state index in [9.17, 15) is 40.5 Å². The van der Waals surface area contributed by atoms with Crippen molar-refractivity contribution in [3.05, 3.63) is 24.3 Å². The minimum Gasteiger partial charge on any atom is -0.465 e. The fourth-order valence-electron chi connectivity index (χ4n) is 3.57. The van der Waals surface area contributed by atoms with Gasteiger partial charge in [0.2, 0.25) is 12.2 Å². The van der Waals surface area contributed by atoms with Crippen LogP contribution < -0.4 is 10.1 Å². The van der Waals surface area contributed by atoms with Crippen LogP contribution in [-0.2, 0) is 19.0 Å². The monoisotopic (exact) mass is 475 g/mol. The van der Waals surface area contributed by atoms with E-state index in [1.165, 1.54) is 6.92 Å². The lowest BCUT2D eigenvalue weighted by atomic mass is 9.83. The van der Waals surface area contributed by atoms with E-state index in [0.717, 1.165) is 0 Å². The lowest BCUT2D eigenvalue weighted by Gasteiger charge is -2.54. The first-order chi connectivity index (χ1) is 15.4. The summed E-state index contributed by atoms with van der Waals surface area (Å²) in [5.41, 5.74) is -1.72. The Morgan fingerprint density at radius 1 is 1.09 bits per heavy atom. The number of hydrogen-bond acceptors (Lipinski definition) is 12. The standard InChI is InChI=1S/C20H29NO12/c1-11(24)21-12-2-4-13(5-3-12)31-15-7-6-14(8-30-15)32-17-20(28,29)19(26,27)16(25)18(9-22,10-23)33-17/h2-5,14-17,22-23,25-29H,6-10H2,1H3,(H,21,24)/t14-,15+,16?,17?/m0/s1. The number of amides is 1. The highest BCUT2D eigenvalue weighted by atomic mass is 16.8. The summed E-state index contributed by atoms with van der Waals surface area (Å²) >= 11 is 0. The summed E-state index contributed by atoms with van der Waals surface area (Å²) in [6, 6.07) is 6.62. The molecule has 2 fully saturated rings. The van der Waals surface area contributed by atoms with Crippen molar-refractivity contribution in [2.45, 2.75) is 61.7 Å². The summed E-state index contributed by atoms with van der Waals surface area (Å²) in [6.07, 6.45) is -5.48. The quantitative estimate of drug-likeness (QED) is 0.190. The van der Waals surface area contributed by atoms with Crippen molar-refractivity contribution in [1.82, 2.24) is 0 Å². The van der Waals surface area contributed by atoms with Crippen LogP contribution in [0.5, 0.6) is 5.75 Å². The number of aliphatic hydroxyl groups is 7. The summed E-state index contributed by atoms with van der Waals surface area (Å²) in [7, 11) is 0. The number of rotatable bonds is 7. The predicted molar refractivity (Wildman–Crippen MR) is 107 cm³/mol. The number of carbonyl (C=O) groups is 1. The van der Waals surface area contributed by atoms with Crippen molar-refractivity contribution in [2.24, 2.45) is 0 Å². The van der Waals surface area contributed by atoms with Crippen molar-refractivity contribution in [3.8, 4) is 5.75 Å². The van der Waals surface area contributed by atoms with Crippen LogP contribution in [0.2, 0.25) is 0 Å². The van der Waals surface area contributed by atoms with Crippen LogP contribution in [0.4, 0.5) is 5.69 Å². The maximum absolute atomic E-state index is 11.1. The Kier molecular flexibility index (Phi) is 7.60. The molecule has 2 heterocycles. The van der Waals surface area contributed by atoms with Crippen molar-refractivity contribution in [3.63, 3.8) is 0 Å². The van der Waals surface area contributed by atoms with E-state index in [4.69, 9.17) is 18.9 Å². The van der Waals surface area contributed by atoms with Gasteiger partial charge in [-0.25, -0.2) is 0 Å². The highest BCUT2D eigenvalue weighted by molar-refractivity contribution is 5.88. The molecule has 2 aliphatic heterocycles. The first kappa shape index (κ1) is 25.7. The molecule has 1 amide bonds. The van der Waals surface area contributed by atoms with Crippen molar-refractivity contribution >= 4 is 11.6 Å². The van der Waals surface area contributed by atoms with Crippen LogP contribution >= 0.6 is 0 Å². The molecule has 2 saturated heterocycles. The Bertz CT molecular complexity index is 800. The summed E-state index contributed by atoms with van der Waals surface area (Å²) in [4.78, 5) is 11.1. The van der Waals surface area contributed by atoms with Crippen LogP contribution in [0.15, 0.2) is 24.3 Å². The van der Waals surface area contributed by atoms with E-state index in [2.05, 4.69) is 5.32 Å². The Balaban J connectivity index is 1.59. The van der Waals surface area contributed by atoms with Crippen molar-refractivity contribution < 1.29 is 59.5 Å². The van der Waals surface area contributed by atoms with E-state index in [0.29, 0.717) is 17.9 Å². The number of aliphatic hydroxyl groups excluding tert-OH is 3. The fourth-order valence-corrected chi connectivity index (χ4v) is 3.57. The molecule has 0 aliphatic carbocycles. The zero-order chi connectivity index (χ0) is 24.4. The lowest BCUT2D eigenvalue weighted by Crippen LogP contribution is -2.80. The first-order valence-corrected chi connectivity index (χ1v) is 10.2. The minimum absolute atomic E-state index is 0.0950. The molecule has 4 atom stereocenters. The third kappa shape index (κ3) is 5.12. The van der Waals surface area contributed by atoms with Gasteiger partial charge in [-0.1, -0.05) is 0 Å². The van der Waals surface area contributed by atoms with Gasteiger partial charge in [-0.15, -0.1) is 0 Å². The van der Waals surface area contributed by atoms with Crippen molar-refractivity contribution in [2.75, 3.05) is 25.1 Å². The Morgan fingerprint density at radius 3 is 2.24 bits per heavy atom. The SMILES string of the molecule is CC(=O)Nc1ccc(O[C@@H]2CC[C@H](OC3OC(CO)(CO)C(O)C(O)(O)C3(O)O)CO2)cc1. The second kappa shape index (κ2) is 9.76. The first-order valence-electron chi connectivity index (χ1n) is 10.2. The second-order valence-electron chi connectivity index (χ2n) is 8.11. The third-order valence-corrected chi connectivity index (χ3v) is 5.58. The Labute approximate surface area is 188 Å². The van der Waals surface area contributed by atoms with Gasteiger partial charge < -0.3 is 60.0 Å². The second-order valence-corrected chi connectivity index (χ2v) is 8.11. The van der Waals surface area contributed by atoms with E-state index >= 15 is 0 Å². The van der Waals surface area contributed by atoms with Gasteiger partial charge in [0.25, 0.3) is 11.6 Å². The van der Waals surface area contributed by atoms with E-state index < -0.39 is 55.2 Å². The summed E-state index contributed by atoms with van der Waals surface area (Å²) in [5.74, 6) is -6.80. The number of hydrogen-bond donors (Lipinski definition) is 8. The van der Waals surface area contributed by atoms with Crippen molar-refractivity contribution in [1.29, 1.82) is 0 Å². The van der Waals surface area contributed by atoms with Gasteiger partial charge in [-0.2, -0.15) is 0 Å². The minimum atomic E-state index is -3.59. The van der Waals surface area contributed by atoms with E-state index in [1.807, 2.05) is 0 Å². The molecule has 1 aromatic carbocycles. The number of carbonyl (C=O) groups excluding carboxylic acids is 1. The lowest BCUT2D eigenvalue weighted by molar-refractivity contribution is -0.505. The molecular formula is C20H29NO12. The van der Waals surface area contributed by atoms with Crippen LogP contribution in [0.1, 0.15) is 19.8 Å². The van der Waals surface area contributed by atoms with Crippen LogP contribution in [0.3, 0.4) is 0 Å². The normalized spacial score (nSPS) is 30.4. The molecule has 8 N–H and O–H groups in total.